The second-order valence-electron chi connectivity index (χ2n) is 5.16. The van der Waals surface area contributed by atoms with Gasteiger partial charge in [0.15, 0.2) is 9.84 Å². The number of benzene rings is 1. The highest BCUT2D eigenvalue weighted by Gasteiger charge is 2.34. The fourth-order valence-electron chi connectivity index (χ4n) is 2.46. The van der Waals surface area contributed by atoms with Crippen LogP contribution < -0.4 is 0 Å². The topological polar surface area (TPSA) is 74.7 Å². The fraction of sp³-hybridized carbons (Fsp3) is 0.500. The van der Waals surface area contributed by atoms with Crippen LogP contribution in [0.3, 0.4) is 0 Å². The molecular formula is C14H19NO4S2. The number of aliphatic carboxylic acids is 1. The monoisotopic (exact) mass is 329 g/mol. The van der Waals surface area contributed by atoms with Gasteiger partial charge in [0.05, 0.1) is 5.92 Å². The smallest absolute Gasteiger partial charge is 0.312 e. The lowest BCUT2D eigenvalue weighted by molar-refractivity contribution is -0.139. The van der Waals surface area contributed by atoms with E-state index in [9.17, 15) is 18.3 Å². The summed E-state index contributed by atoms with van der Waals surface area (Å²) in [4.78, 5) is 13.3. The Morgan fingerprint density at radius 3 is 2.67 bits per heavy atom. The number of carboxylic acids is 1. The molecule has 2 unspecified atom stereocenters. The maximum absolute atomic E-state index is 11.9. The normalized spacial score (nSPS) is 21.9. The lowest BCUT2D eigenvalue weighted by Crippen LogP contribution is -2.49. The van der Waals surface area contributed by atoms with Crippen LogP contribution in [0.1, 0.15) is 11.5 Å². The first kappa shape index (κ1) is 16.3. The maximum Gasteiger partial charge on any atom is 0.312 e. The van der Waals surface area contributed by atoms with E-state index in [4.69, 9.17) is 0 Å². The number of thioether (sulfide) groups is 1. The zero-order valence-electron chi connectivity index (χ0n) is 11.8. The molecule has 0 aliphatic carbocycles. The average Bonchev–Trinajstić information content (AvgIpc) is 2.44. The van der Waals surface area contributed by atoms with Crippen molar-refractivity contribution in [3.63, 3.8) is 0 Å². The van der Waals surface area contributed by atoms with Crippen molar-refractivity contribution in [2.75, 3.05) is 30.9 Å². The van der Waals surface area contributed by atoms with Gasteiger partial charge >= 0.3 is 5.97 Å². The van der Waals surface area contributed by atoms with Gasteiger partial charge in [-0.3, -0.25) is 9.69 Å². The van der Waals surface area contributed by atoms with Crippen LogP contribution in [0.2, 0.25) is 0 Å². The number of rotatable bonds is 5. The van der Waals surface area contributed by atoms with Gasteiger partial charge in [0.1, 0.15) is 5.37 Å². The van der Waals surface area contributed by atoms with Gasteiger partial charge in [-0.25, -0.2) is 8.42 Å². The Balaban J connectivity index is 2.21. The first-order valence-corrected chi connectivity index (χ1v) is 9.79. The SMILES string of the molecule is CS(=O)(=O)C1CSCCN1CC(C(=O)O)c1ccccc1. The number of carboxylic acid groups (broad SMARTS) is 1. The first-order valence-electron chi connectivity index (χ1n) is 6.68. The Labute approximate surface area is 129 Å². The van der Waals surface area contributed by atoms with Crippen LogP contribution in [0.25, 0.3) is 0 Å². The Bertz CT molecular complexity index is 588. The summed E-state index contributed by atoms with van der Waals surface area (Å²) in [6.07, 6.45) is 1.22. The number of nitrogens with zero attached hydrogens (tertiary/aromatic N) is 1. The van der Waals surface area contributed by atoms with E-state index < -0.39 is 27.1 Å². The minimum absolute atomic E-state index is 0.220. The van der Waals surface area contributed by atoms with E-state index >= 15 is 0 Å². The largest absolute Gasteiger partial charge is 0.481 e. The average molecular weight is 329 g/mol. The zero-order valence-corrected chi connectivity index (χ0v) is 13.4. The third-order valence-corrected chi connectivity index (χ3v) is 6.29. The van der Waals surface area contributed by atoms with Crippen molar-refractivity contribution in [1.29, 1.82) is 0 Å². The van der Waals surface area contributed by atoms with Gasteiger partial charge in [-0.1, -0.05) is 30.3 Å². The van der Waals surface area contributed by atoms with Crippen molar-refractivity contribution >= 4 is 27.6 Å². The van der Waals surface area contributed by atoms with Crippen LogP contribution in [-0.4, -0.2) is 60.6 Å². The molecule has 1 aromatic rings. The first-order chi connectivity index (χ1) is 9.89. The molecule has 0 amide bonds. The Kier molecular flexibility index (Phi) is 5.29. The van der Waals surface area contributed by atoms with E-state index in [1.807, 2.05) is 6.07 Å². The van der Waals surface area contributed by atoms with Crippen molar-refractivity contribution < 1.29 is 18.3 Å². The molecule has 0 aromatic heterocycles. The van der Waals surface area contributed by atoms with E-state index in [0.29, 0.717) is 17.9 Å². The second kappa shape index (κ2) is 6.81. The fourth-order valence-corrected chi connectivity index (χ4v) is 5.42. The predicted molar refractivity (Wildman–Crippen MR) is 84.3 cm³/mol. The standard InChI is InChI=1S/C14H19NO4S2/c1-21(18,19)13-10-20-8-7-15(13)9-12(14(16)17)11-5-3-2-4-6-11/h2-6,12-13H,7-10H2,1H3,(H,16,17). The molecule has 0 radical (unpaired) electrons. The summed E-state index contributed by atoms with van der Waals surface area (Å²) in [5, 5.41) is 8.87. The van der Waals surface area contributed by atoms with Crippen molar-refractivity contribution in [1.82, 2.24) is 4.90 Å². The van der Waals surface area contributed by atoms with Gasteiger partial charge < -0.3 is 5.11 Å². The molecule has 1 saturated heterocycles. The van der Waals surface area contributed by atoms with Crippen LogP contribution in [0.4, 0.5) is 0 Å². The summed E-state index contributed by atoms with van der Waals surface area (Å²) in [6, 6.07) is 8.97. The third kappa shape index (κ3) is 4.21. The molecule has 116 valence electrons. The van der Waals surface area contributed by atoms with Crippen LogP contribution in [0.15, 0.2) is 30.3 Å². The number of carbonyl (C=O) groups is 1. The highest BCUT2D eigenvalue weighted by Crippen LogP contribution is 2.25. The van der Waals surface area contributed by atoms with Crippen molar-refractivity contribution in [3.8, 4) is 0 Å². The quantitative estimate of drug-likeness (QED) is 0.877. The molecule has 1 aliphatic rings. The van der Waals surface area contributed by atoms with Crippen molar-refractivity contribution in [2.24, 2.45) is 0 Å². The molecular weight excluding hydrogens is 310 g/mol. The van der Waals surface area contributed by atoms with Crippen molar-refractivity contribution in [2.45, 2.75) is 11.3 Å². The molecule has 7 heteroatoms. The van der Waals surface area contributed by atoms with Gasteiger partial charge in [0.25, 0.3) is 0 Å². The predicted octanol–water partition coefficient (Wildman–Crippen LogP) is 1.27. The lowest BCUT2D eigenvalue weighted by Gasteiger charge is -2.35. The van der Waals surface area contributed by atoms with Gasteiger partial charge in [0, 0.05) is 30.9 Å². The Hall–Kier alpha value is -1.05. The molecule has 2 atom stereocenters. The zero-order chi connectivity index (χ0) is 15.5. The maximum atomic E-state index is 11.9. The highest BCUT2D eigenvalue weighted by atomic mass is 32.2. The van der Waals surface area contributed by atoms with Crippen LogP contribution >= 0.6 is 11.8 Å². The molecule has 1 fully saturated rings. The summed E-state index contributed by atoms with van der Waals surface area (Å²) in [5.41, 5.74) is 0.704. The molecule has 1 N–H and O–H groups in total. The van der Waals surface area contributed by atoms with E-state index in [-0.39, 0.29) is 6.54 Å². The minimum Gasteiger partial charge on any atom is -0.481 e. The molecule has 0 saturated carbocycles. The Morgan fingerprint density at radius 1 is 1.43 bits per heavy atom. The van der Waals surface area contributed by atoms with Crippen molar-refractivity contribution in [3.05, 3.63) is 35.9 Å². The van der Waals surface area contributed by atoms with Crippen LogP contribution in [0, 0.1) is 0 Å². The summed E-state index contributed by atoms with van der Waals surface area (Å²) < 4.78 is 23.8. The molecule has 0 bridgehead atoms. The Morgan fingerprint density at radius 2 is 2.10 bits per heavy atom. The minimum atomic E-state index is -3.22. The van der Waals surface area contributed by atoms with E-state index in [0.717, 1.165) is 5.75 Å². The summed E-state index contributed by atoms with van der Waals surface area (Å²) in [7, 11) is -3.22. The van der Waals surface area contributed by atoms with E-state index in [1.165, 1.54) is 6.26 Å². The van der Waals surface area contributed by atoms with Crippen LogP contribution in [0.5, 0.6) is 0 Å². The third-order valence-electron chi connectivity index (χ3n) is 3.60. The summed E-state index contributed by atoms with van der Waals surface area (Å²) >= 11 is 1.60. The lowest BCUT2D eigenvalue weighted by atomic mass is 9.98. The van der Waals surface area contributed by atoms with Gasteiger partial charge in [-0.2, -0.15) is 11.8 Å². The number of hydrogen-bond donors (Lipinski definition) is 1. The number of sulfone groups is 1. The number of hydrogen-bond acceptors (Lipinski definition) is 5. The molecule has 2 rings (SSSR count). The van der Waals surface area contributed by atoms with Gasteiger partial charge in [-0.15, -0.1) is 0 Å². The highest BCUT2D eigenvalue weighted by molar-refractivity contribution is 8.00. The molecule has 5 nitrogen and oxygen atoms in total. The molecule has 21 heavy (non-hydrogen) atoms. The molecule has 1 aliphatic heterocycles. The molecule has 0 spiro atoms. The van der Waals surface area contributed by atoms with Gasteiger partial charge in [-0.05, 0) is 5.56 Å². The molecule has 1 aromatic carbocycles. The summed E-state index contributed by atoms with van der Waals surface area (Å²) in [5.74, 6) is -0.308. The van der Waals surface area contributed by atoms with E-state index in [1.54, 1.807) is 40.9 Å². The molecule has 1 heterocycles. The second-order valence-corrected chi connectivity index (χ2v) is 8.51. The van der Waals surface area contributed by atoms with Crippen LogP contribution in [-0.2, 0) is 14.6 Å². The van der Waals surface area contributed by atoms with E-state index in [2.05, 4.69) is 0 Å². The summed E-state index contributed by atoms with van der Waals surface area (Å²) in [6.45, 7) is 0.816. The van der Waals surface area contributed by atoms with Gasteiger partial charge in [0.2, 0.25) is 0 Å².